The van der Waals surface area contributed by atoms with Crippen molar-refractivity contribution in [2.75, 3.05) is 18.8 Å². The Labute approximate surface area is 199 Å². The molecule has 1 aromatic carbocycles. The van der Waals surface area contributed by atoms with Gasteiger partial charge in [-0.05, 0) is 53.2 Å². The normalized spacial score (nSPS) is 17.6. The zero-order valence-corrected chi connectivity index (χ0v) is 19.6. The van der Waals surface area contributed by atoms with Crippen molar-refractivity contribution >= 4 is 51.1 Å². The maximum absolute atomic E-state index is 13.5. The number of aromatic nitrogens is 4. The number of rotatable bonds is 6. The number of benzene rings is 1. The molecule has 2 aliphatic rings. The maximum atomic E-state index is 13.5. The lowest BCUT2D eigenvalue weighted by atomic mass is 9.94. The van der Waals surface area contributed by atoms with E-state index in [2.05, 4.69) is 40.4 Å². The molecule has 9 nitrogen and oxygen atoms in total. The van der Waals surface area contributed by atoms with Gasteiger partial charge in [-0.3, -0.25) is 4.79 Å². The SMILES string of the molecule is Nc1ncnc2c1nc(Sc1cc3c(cc1Br)OC(F)(F)O3)n2CCC1CCN(C=O)CC1. The van der Waals surface area contributed by atoms with Crippen LogP contribution in [0.25, 0.3) is 11.2 Å². The molecule has 0 aliphatic carbocycles. The molecule has 0 bridgehead atoms. The van der Waals surface area contributed by atoms with Crippen LogP contribution in [0, 0.1) is 5.92 Å². The van der Waals surface area contributed by atoms with Gasteiger partial charge in [0.2, 0.25) is 6.41 Å². The van der Waals surface area contributed by atoms with Crippen LogP contribution in [0.15, 0.2) is 33.0 Å². The molecule has 1 fully saturated rings. The highest BCUT2D eigenvalue weighted by molar-refractivity contribution is 9.10. The van der Waals surface area contributed by atoms with Crippen molar-refractivity contribution in [1.29, 1.82) is 0 Å². The van der Waals surface area contributed by atoms with Crippen molar-refractivity contribution < 1.29 is 23.0 Å². The predicted molar refractivity (Wildman–Crippen MR) is 119 cm³/mol. The average molecular weight is 541 g/mol. The number of nitrogens with two attached hydrogens (primary N) is 1. The van der Waals surface area contributed by atoms with Gasteiger partial charge in [-0.2, -0.15) is 0 Å². The molecule has 0 spiro atoms. The zero-order chi connectivity index (χ0) is 23.2. The summed E-state index contributed by atoms with van der Waals surface area (Å²) >= 11 is 4.70. The summed E-state index contributed by atoms with van der Waals surface area (Å²) in [6.45, 7) is 2.15. The summed E-state index contributed by atoms with van der Waals surface area (Å²) in [6.07, 6.45) is 1.35. The number of amides is 1. The van der Waals surface area contributed by atoms with Crippen LogP contribution in [-0.2, 0) is 11.3 Å². The third-order valence-electron chi connectivity index (χ3n) is 5.74. The number of nitrogens with zero attached hydrogens (tertiary/aromatic N) is 5. The van der Waals surface area contributed by atoms with Gasteiger partial charge in [0, 0.05) is 29.0 Å². The zero-order valence-electron chi connectivity index (χ0n) is 17.2. The highest BCUT2D eigenvalue weighted by Gasteiger charge is 2.44. The number of anilines is 1. The topological polar surface area (TPSA) is 108 Å². The van der Waals surface area contributed by atoms with E-state index < -0.39 is 6.29 Å². The molecule has 4 heterocycles. The second kappa shape index (κ2) is 8.60. The van der Waals surface area contributed by atoms with Crippen LogP contribution in [0.2, 0.25) is 0 Å². The number of carbonyl (C=O) groups is 1. The van der Waals surface area contributed by atoms with Gasteiger partial charge in [0.1, 0.15) is 6.33 Å². The standard InChI is InChI=1S/C20H19BrF2N6O3S/c21-12-7-13-14(32-20(22,23)31-13)8-15(12)33-19-27-16-17(24)25-9-26-18(16)29(19)6-3-11-1-4-28(10-30)5-2-11/h7-11H,1-6H2,(H2,24,25,26). The molecule has 1 saturated heterocycles. The Hall–Kier alpha value is -2.67. The van der Waals surface area contributed by atoms with E-state index in [1.807, 2.05) is 4.57 Å². The number of likely N-dealkylation sites (tertiary alicyclic amines) is 1. The molecule has 3 aromatic rings. The highest BCUT2D eigenvalue weighted by Crippen LogP contribution is 2.47. The fourth-order valence-electron chi connectivity index (χ4n) is 4.00. The molecule has 33 heavy (non-hydrogen) atoms. The van der Waals surface area contributed by atoms with Gasteiger partial charge in [-0.15, -0.1) is 8.78 Å². The first-order chi connectivity index (χ1) is 15.8. The molecule has 2 aliphatic heterocycles. The number of fused-ring (bicyclic) bond motifs is 2. The lowest BCUT2D eigenvalue weighted by Gasteiger charge is -2.29. The van der Waals surface area contributed by atoms with Crippen molar-refractivity contribution in [3.05, 3.63) is 22.9 Å². The number of hydrogen-bond acceptors (Lipinski definition) is 8. The monoisotopic (exact) mass is 540 g/mol. The molecule has 0 radical (unpaired) electrons. The first-order valence-electron chi connectivity index (χ1n) is 10.3. The molecule has 0 atom stereocenters. The number of piperidine rings is 1. The minimum absolute atomic E-state index is 0.0403. The predicted octanol–water partition coefficient (Wildman–Crippen LogP) is 3.90. The number of imidazole rings is 1. The third-order valence-corrected chi connectivity index (χ3v) is 7.71. The van der Waals surface area contributed by atoms with Crippen LogP contribution in [0.5, 0.6) is 11.5 Å². The van der Waals surface area contributed by atoms with Crippen molar-refractivity contribution in [3.63, 3.8) is 0 Å². The van der Waals surface area contributed by atoms with Crippen LogP contribution >= 0.6 is 27.7 Å². The number of aryl methyl sites for hydroxylation is 1. The number of alkyl halides is 2. The maximum Gasteiger partial charge on any atom is 0.586 e. The summed E-state index contributed by atoms with van der Waals surface area (Å²) in [5.74, 6) is 0.649. The summed E-state index contributed by atoms with van der Waals surface area (Å²) in [5.41, 5.74) is 7.13. The van der Waals surface area contributed by atoms with Gasteiger partial charge in [-0.25, -0.2) is 15.0 Å². The van der Waals surface area contributed by atoms with E-state index in [9.17, 15) is 13.6 Å². The molecule has 0 saturated carbocycles. The molecule has 0 unspecified atom stereocenters. The fourth-order valence-corrected chi connectivity index (χ4v) is 5.51. The summed E-state index contributed by atoms with van der Waals surface area (Å²) in [6, 6.07) is 2.93. The van der Waals surface area contributed by atoms with E-state index in [1.165, 1.54) is 30.2 Å². The van der Waals surface area contributed by atoms with E-state index in [1.54, 1.807) is 4.90 Å². The number of ether oxygens (including phenoxy) is 2. The van der Waals surface area contributed by atoms with Gasteiger partial charge in [0.25, 0.3) is 0 Å². The molecule has 5 rings (SSSR count). The minimum Gasteiger partial charge on any atom is -0.395 e. The summed E-state index contributed by atoms with van der Waals surface area (Å²) < 4.78 is 38.6. The number of hydrogen-bond donors (Lipinski definition) is 1. The minimum atomic E-state index is -3.69. The van der Waals surface area contributed by atoms with Crippen molar-refractivity contribution in [3.8, 4) is 11.5 Å². The first kappa shape index (κ1) is 22.1. The summed E-state index contributed by atoms with van der Waals surface area (Å²) in [5, 5.41) is 0.605. The van der Waals surface area contributed by atoms with Gasteiger partial charge in [0.05, 0.1) is 0 Å². The molecular formula is C20H19BrF2N6O3S. The van der Waals surface area contributed by atoms with Gasteiger partial charge in [0.15, 0.2) is 33.6 Å². The van der Waals surface area contributed by atoms with Gasteiger partial charge < -0.3 is 24.7 Å². The Bertz CT molecular complexity index is 1220. The van der Waals surface area contributed by atoms with Gasteiger partial charge >= 0.3 is 6.29 Å². The highest BCUT2D eigenvalue weighted by atomic mass is 79.9. The largest absolute Gasteiger partial charge is 0.586 e. The average Bonchev–Trinajstić information content (AvgIpc) is 3.28. The molecule has 13 heteroatoms. The number of nitrogen functional groups attached to an aromatic ring is 1. The number of carbonyl (C=O) groups excluding carboxylic acids is 1. The van der Waals surface area contributed by atoms with Crippen LogP contribution in [0.3, 0.4) is 0 Å². The van der Waals surface area contributed by atoms with Crippen molar-refractivity contribution in [2.24, 2.45) is 5.92 Å². The van der Waals surface area contributed by atoms with Crippen LogP contribution < -0.4 is 15.2 Å². The lowest BCUT2D eigenvalue weighted by molar-refractivity contribution is -0.286. The Kier molecular flexibility index (Phi) is 5.77. The van der Waals surface area contributed by atoms with Crippen molar-refractivity contribution in [2.45, 2.75) is 42.2 Å². The molecule has 1 amide bonds. The Morgan fingerprint density at radius 1 is 1.24 bits per heavy atom. The third kappa shape index (κ3) is 4.43. The smallest absolute Gasteiger partial charge is 0.395 e. The quantitative estimate of drug-likeness (QED) is 0.469. The second-order valence-electron chi connectivity index (χ2n) is 7.85. The van der Waals surface area contributed by atoms with E-state index in [-0.39, 0.29) is 17.3 Å². The van der Waals surface area contributed by atoms with E-state index >= 15 is 0 Å². The van der Waals surface area contributed by atoms with Gasteiger partial charge in [-0.1, -0.05) is 11.8 Å². The Morgan fingerprint density at radius 2 is 1.97 bits per heavy atom. The molecular weight excluding hydrogens is 522 g/mol. The molecule has 2 aromatic heterocycles. The Morgan fingerprint density at radius 3 is 2.70 bits per heavy atom. The molecule has 174 valence electrons. The Balaban J connectivity index is 1.43. The summed E-state index contributed by atoms with van der Waals surface area (Å²) in [4.78, 5) is 26.4. The fraction of sp³-hybridized carbons (Fsp3) is 0.400. The van der Waals surface area contributed by atoms with E-state index in [0.717, 1.165) is 38.8 Å². The van der Waals surface area contributed by atoms with E-state index in [0.29, 0.717) is 38.2 Å². The van der Waals surface area contributed by atoms with Crippen LogP contribution in [0.4, 0.5) is 14.6 Å². The lowest BCUT2D eigenvalue weighted by Crippen LogP contribution is -2.32. The second-order valence-corrected chi connectivity index (χ2v) is 9.71. The van der Waals surface area contributed by atoms with Crippen molar-refractivity contribution in [1.82, 2.24) is 24.4 Å². The van der Waals surface area contributed by atoms with E-state index in [4.69, 9.17) is 5.73 Å². The molecule has 2 N–H and O–H groups in total. The van der Waals surface area contributed by atoms with Crippen LogP contribution in [-0.4, -0.2) is 50.2 Å². The first-order valence-corrected chi connectivity index (χ1v) is 11.9. The van der Waals surface area contributed by atoms with Crippen LogP contribution in [0.1, 0.15) is 19.3 Å². The summed E-state index contributed by atoms with van der Waals surface area (Å²) in [7, 11) is 0. The number of halogens is 3.